The normalized spacial score (nSPS) is 11.3. The number of unbranched alkanes of at least 4 members (excludes halogenated alkanes) is 1. The van der Waals surface area contributed by atoms with E-state index in [1.807, 2.05) is 0 Å². The van der Waals surface area contributed by atoms with Crippen molar-refractivity contribution in [1.29, 1.82) is 0 Å². The van der Waals surface area contributed by atoms with E-state index in [0.717, 1.165) is 19.3 Å². The standard InChI is InChI=1S/C13H19N3O3.ClH/c1-2-3-6-11(9-14)15-13(17)10-5-4-7-12(8-10)16(18)19;/h4-5,7-8,11H,2-3,6,9,14H2,1H3,(H,15,17);1H. The van der Waals surface area contributed by atoms with Crippen molar-refractivity contribution in [2.45, 2.75) is 32.2 Å². The van der Waals surface area contributed by atoms with Crippen molar-refractivity contribution in [2.24, 2.45) is 5.73 Å². The molecule has 0 aromatic heterocycles. The molecule has 3 N–H and O–H groups in total. The van der Waals surface area contributed by atoms with Crippen molar-refractivity contribution in [3.63, 3.8) is 0 Å². The molecule has 1 aromatic carbocycles. The van der Waals surface area contributed by atoms with E-state index in [2.05, 4.69) is 12.2 Å². The Morgan fingerprint density at radius 1 is 1.50 bits per heavy atom. The van der Waals surface area contributed by atoms with Gasteiger partial charge in [0.2, 0.25) is 0 Å². The number of benzene rings is 1. The van der Waals surface area contributed by atoms with E-state index in [1.165, 1.54) is 18.2 Å². The van der Waals surface area contributed by atoms with E-state index in [9.17, 15) is 14.9 Å². The van der Waals surface area contributed by atoms with Crippen molar-refractivity contribution >= 4 is 24.0 Å². The molecule has 0 aliphatic rings. The molecule has 0 bridgehead atoms. The molecule has 0 aliphatic carbocycles. The Morgan fingerprint density at radius 3 is 2.75 bits per heavy atom. The van der Waals surface area contributed by atoms with Gasteiger partial charge in [0, 0.05) is 30.3 Å². The zero-order valence-corrected chi connectivity index (χ0v) is 12.2. The first-order valence-corrected chi connectivity index (χ1v) is 6.33. The van der Waals surface area contributed by atoms with Crippen LogP contribution in [0, 0.1) is 10.1 Å². The first kappa shape index (κ1) is 18.3. The highest BCUT2D eigenvalue weighted by atomic mass is 35.5. The van der Waals surface area contributed by atoms with Crippen LogP contribution in [-0.2, 0) is 0 Å². The first-order chi connectivity index (χ1) is 9.08. The SMILES string of the molecule is CCCCC(CN)NC(=O)c1cccc([N+](=O)[O-])c1.Cl. The lowest BCUT2D eigenvalue weighted by Crippen LogP contribution is -2.40. The molecule has 1 aromatic rings. The molecule has 0 fully saturated rings. The summed E-state index contributed by atoms with van der Waals surface area (Å²) in [5, 5.41) is 13.4. The van der Waals surface area contributed by atoms with Crippen LogP contribution in [0.3, 0.4) is 0 Å². The van der Waals surface area contributed by atoms with Crippen LogP contribution in [0.4, 0.5) is 5.69 Å². The number of hydrogen-bond donors (Lipinski definition) is 2. The Kier molecular flexibility index (Phi) is 8.51. The maximum absolute atomic E-state index is 12.0. The maximum Gasteiger partial charge on any atom is 0.270 e. The van der Waals surface area contributed by atoms with E-state index < -0.39 is 4.92 Å². The molecule has 112 valence electrons. The first-order valence-electron chi connectivity index (χ1n) is 6.33. The van der Waals surface area contributed by atoms with Crippen LogP contribution in [-0.4, -0.2) is 23.4 Å². The van der Waals surface area contributed by atoms with E-state index in [4.69, 9.17) is 5.73 Å². The average molecular weight is 302 g/mol. The summed E-state index contributed by atoms with van der Waals surface area (Å²) in [6, 6.07) is 5.58. The molecule has 1 amide bonds. The largest absolute Gasteiger partial charge is 0.348 e. The fraction of sp³-hybridized carbons (Fsp3) is 0.462. The number of nitro benzene ring substituents is 1. The molecular formula is C13H20ClN3O3. The number of halogens is 1. The van der Waals surface area contributed by atoms with E-state index >= 15 is 0 Å². The quantitative estimate of drug-likeness (QED) is 0.596. The Morgan fingerprint density at radius 2 is 2.20 bits per heavy atom. The van der Waals surface area contributed by atoms with Crippen LogP contribution in [0.25, 0.3) is 0 Å². The molecule has 0 spiro atoms. The highest BCUT2D eigenvalue weighted by Gasteiger charge is 2.14. The number of nitrogens with two attached hydrogens (primary N) is 1. The number of nitrogens with zero attached hydrogens (tertiary/aromatic N) is 1. The lowest BCUT2D eigenvalue weighted by Gasteiger charge is -2.16. The number of hydrogen-bond acceptors (Lipinski definition) is 4. The summed E-state index contributed by atoms with van der Waals surface area (Å²) in [6.07, 6.45) is 2.83. The molecule has 0 aliphatic heterocycles. The fourth-order valence-electron chi connectivity index (χ4n) is 1.73. The Hall–Kier alpha value is -1.66. The molecule has 0 saturated heterocycles. The van der Waals surface area contributed by atoms with Gasteiger partial charge >= 0.3 is 0 Å². The third-order valence-electron chi connectivity index (χ3n) is 2.85. The summed E-state index contributed by atoms with van der Waals surface area (Å²) in [4.78, 5) is 22.1. The van der Waals surface area contributed by atoms with Gasteiger partial charge in [0.05, 0.1) is 4.92 Å². The average Bonchev–Trinajstić information content (AvgIpc) is 2.43. The smallest absolute Gasteiger partial charge is 0.270 e. The Bertz CT molecular complexity index is 454. The molecule has 20 heavy (non-hydrogen) atoms. The van der Waals surface area contributed by atoms with E-state index in [-0.39, 0.29) is 35.6 Å². The van der Waals surface area contributed by atoms with Gasteiger partial charge in [-0.1, -0.05) is 25.8 Å². The van der Waals surface area contributed by atoms with Gasteiger partial charge in [-0.2, -0.15) is 0 Å². The third-order valence-corrected chi connectivity index (χ3v) is 2.85. The molecule has 6 nitrogen and oxygen atoms in total. The number of amides is 1. The molecule has 0 radical (unpaired) electrons. The van der Waals surface area contributed by atoms with Gasteiger partial charge in [0.15, 0.2) is 0 Å². The van der Waals surface area contributed by atoms with E-state index in [0.29, 0.717) is 6.54 Å². The summed E-state index contributed by atoms with van der Waals surface area (Å²) < 4.78 is 0. The predicted molar refractivity (Wildman–Crippen MR) is 80.2 cm³/mol. The molecule has 1 rings (SSSR count). The number of non-ortho nitro benzene ring substituents is 1. The van der Waals surface area contributed by atoms with Crippen LogP contribution in [0.1, 0.15) is 36.5 Å². The van der Waals surface area contributed by atoms with Gasteiger partial charge in [-0.3, -0.25) is 14.9 Å². The molecule has 0 heterocycles. The summed E-state index contributed by atoms with van der Waals surface area (Å²) in [5.74, 6) is -0.324. The van der Waals surface area contributed by atoms with Crippen LogP contribution in [0.2, 0.25) is 0 Å². The monoisotopic (exact) mass is 301 g/mol. The number of rotatable bonds is 7. The molecular weight excluding hydrogens is 282 g/mol. The van der Waals surface area contributed by atoms with E-state index in [1.54, 1.807) is 6.07 Å². The highest BCUT2D eigenvalue weighted by molar-refractivity contribution is 5.95. The lowest BCUT2D eigenvalue weighted by atomic mass is 10.1. The minimum atomic E-state index is -0.520. The summed E-state index contributed by atoms with van der Waals surface area (Å²) in [6.45, 7) is 2.43. The topological polar surface area (TPSA) is 98.3 Å². The van der Waals surface area contributed by atoms with Crippen molar-refractivity contribution in [3.05, 3.63) is 39.9 Å². The van der Waals surface area contributed by atoms with Gasteiger partial charge in [0.25, 0.3) is 11.6 Å². The second-order valence-electron chi connectivity index (χ2n) is 4.36. The van der Waals surface area contributed by atoms with Crippen molar-refractivity contribution in [1.82, 2.24) is 5.32 Å². The molecule has 0 saturated carbocycles. The minimum Gasteiger partial charge on any atom is -0.348 e. The third kappa shape index (κ3) is 5.54. The highest BCUT2D eigenvalue weighted by Crippen LogP contribution is 2.13. The van der Waals surface area contributed by atoms with Crippen molar-refractivity contribution in [3.8, 4) is 0 Å². The summed E-state index contributed by atoms with van der Waals surface area (Å²) in [7, 11) is 0. The summed E-state index contributed by atoms with van der Waals surface area (Å²) >= 11 is 0. The predicted octanol–water partition coefficient (Wildman–Crippen LogP) is 2.26. The maximum atomic E-state index is 12.0. The van der Waals surface area contributed by atoms with Crippen LogP contribution in [0.5, 0.6) is 0 Å². The minimum absolute atomic E-state index is 0. The van der Waals surface area contributed by atoms with Crippen molar-refractivity contribution in [2.75, 3.05) is 6.54 Å². The second-order valence-corrected chi connectivity index (χ2v) is 4.36. The number of nitrogens with one attached hydrogen (secondary N) is 1. The van der Waals surface area contributed by atoms with Crippen LogP contribution >= 0.6 is 12.4 Å². The van der Waals surface area contributed by atoms with Gasteiger partial charge in [-0.15, -0.1) is 12.4 Å². The van der Waals surface area contributed by atoms with Crippen molar-refractivity contribution < 1.29 is 9.72 Å². The zero-order valence-electron chi connectivity index (χ0n) is 11.4. The Labute approximate surface area is 124 Å². The number of carbonyl (C=O) groups is 1. The number of carbonyl (C=O) groups excluding carboxylic acids is 1. The second kappa shape index (κ2) is 9.28. The molecule has 7 heteroatoms. The van der Waals surface area contributed by atoms with Gasteiger partial charge in [-0.05, 0) is 12.5 Å². The van der Waals surface area contributed by atoms with Gasteiger partial charge in [-0.25, -0.2) is 0 Å². The lowest BCUT2D eigenvalue weighted by molar-refractivity contribution is -0.384. The van der Waals surface area contributed by atoms with Gasteiger partial charge < -0.3 is 11.1 Å². The fourth-order valence-corrected chi connectivity index (χ4v) is 1.73. The molecule has 1 unspecified atom stereocenters. The van der Waals surface area contributed by atoms with Crippen LogP contribution in [0.15, 0.2) is 24.3 Å². The van der Waals surface area contributed by atoms with Crippen LogP contribution < -0.4 is 11.1 Å². The number of nitro groups is 1. The zero-order chi connectivity index (χ0) is 14.3. The van der Waals surface area contributed by atoms with Gasteiger partial charge in [0.1, 0.15) is 0 Å². The Balaban J connectivity index is 0.00000361. The molecule has 1 atom stereocenters. The summed E-state index contributed by atoms with van der Waals surface area (Å²) in [5.41, 5.74) is 5.78.